The van der Waals surface area contributed by atoms with Gasteiger partial charge < -0.3 is 10.6 Å². The van der Waals surface area contributed by atoms with Gasteiger partial charge in [0.2, 0.25) is 16.0 Å². The lowest BCUT2D eigenvalue weighted by atomic mass is 10.1. The number of rotatable bonds is 6. The van der Waals surface area contributed by atoms with Crippen LogP contribution < -0.4 is 10.6 Å². The van der Waals surface area contributed by atoms with Gasteiger partial charge in [-0.2, -0.15) is 27.6 Å². The summed E-state index contributed by atoms with van der Waals surface area (Å²) in [5, 5.41) is 9.92. The molecule has 3 heterocycles. The molecule has 0 spiro atoms. The van der Waals surface area contributed by atoms with E-state index in [1.54, 1.807) is 7.05 Å². The normalized spacial score (nSPS) is 19.4. The van der Waals surface area contributed by atoms with E-state index in [1.165, 1.54) is 21.4 Å². The molecule has 1 saturated heterocycles. The highest BCUT2D eigenvalue weighted by Crippen LogP contribution is 2.35. The lowest BCUT2D eigenvalue weighted by Crippen LogP contribution is -2.42. The Balaban J connectivity index is 1.42. The number of anilines is 2. The van der Waals surface area contributed by atoms with Gasteiger partial charge in [0, 0.05) is 44.6 Å². The van der Waals surface area contributed by atoms with Crippen LogP contribution in [0.15, 0.2) is 23.5 Å². The molecule has 0 atom stereocenters. The molecule has 1 saturated carbocycles. The number of nitrogens with zero attached hydrogens (tertiary/aromatic N) is 5. The lowest BCUT2D eigenvalue weighted by molar-refractivity contribution is -0.137. The minimum Gasteiger partial charge on any atom is -0.367 e. The molecule has 13 heteroatoms. The number of aromatic nitrogens is 4. The van der Waals surface area contributed by atoms with Crippen molar-refractivity contribution in [2.24, 2.45) is 7.05 Å². The van der Waals surface area contributed by atoms with Crippen molar-refractivity contribution in [1.29, 1.82) is 0 Å². The number of sulfonamides is 1. The second-order valence-electron chi connectivity index (χ2n) is 8.25. The predicted molar refractivity (Wildman–Crippen MR) is 112 cm³/mol. The third-order valence-electron chi connectivity index (χ3n) is 5.90. The molecule has 2 aromatic rings. The molecular formula is C19H26F3N7O2S. The van der Waals surface area contributed by atoms with Gasteiger partial charge in [0.15, 0.2) is 0 Å². The highest BCUT2D eigenvalue weighted by atomic mass is 32.2. The molecular weight excluding hydrogens is 447 g/mol. The third-order valence-corrected chi connectivity index (χ3v) is 7.75. The van der Waals surface area contributed by atoms with Crippen molar-refractivity contribution in [2.75, 3.05) is 23.7 Å². The highest BCUT2D eigenvalue weighted by molar-refractivity contribution is 7.89. The topological polar surface area (TPSA) is 105 Å². The van der Waals surface area contributed by atoms with Crippen molar-refractivity contribution in [3.63, 3.8) is 0 Å². The first-order chi connectivity index (χ1) is 15.1. The molecule has 2 aliphatic rings. The van der Waals surface area contributed by atoms with Crippen LogP contribution in [0.5, 0.6) is 0 Å². The van der Waals surface area contributed by atoms with Gasteiger partial charge in [-0.05, 0) is 25.7 Å². The first-order valence-corrected chi connectivity index (χ1v) is 12.0. The fraction of sp³-hybridized carbons (Fsp3) is 0.632. The minimum absolute atomic E-state index is 0.0280. The van der Waals surface area contributed by atoms with Gasteiger partial charge in [-0.1, -0.05) is 12.8 Å². The van der Waals surface area contributed by atoms with Crippen LogP contribution in [-0.2, 0) is 23.2 Å². The number of nitrogens with one attached hydrogen (secondary N) is 2. The fourth-order valence-electron chi connectivity index (χ4n) is 4.14. The number of halogens is 3. The molecule has 0 unspecified atom stereocenters. The summed E-state index contributed by atoms with van der Waals surface area (Å²) in [4.78, 5) is 8.13. The van der Waals surface area contributed by atoms with Crippen molar-refractivity contribution in [3.05, 3.63) is 24.2 Å². The summed E-state index contributed by atoms with van der Waals surface area (Å²) in [5.41, 5.74) is -0.882. The highest BCUT2D eigenvalue weighted by Gasteiger charge is 2.36. The van der Waals surface area contributed by atoms with Gasteiger partial charge in [0.1, 0.15) is 16.3 Å². The molecule has 0 radical (unpaired) electrons. The quantitative estimate of drug-likeness (QED) is 0.665. The summed E-state index contributed by atoms with van der Waals surface area (Å²) < 4.78 is 68.5. The number of aryl methyl sites for hydroxylation is 1. The van der Waals surface area contributed by atoms with Gasteiger partial charge in [-0.25, -0.2) is 13.4 Å². The standard InChI is InChI=1S/C19H26F3N7O2S/c1-28-12-15(10-24-28)32(30,31)29-8-6-14(7-9-29)26-18-23-11-16(19(20,21)22)17(27-18)25-13-4-2-3-5-13/h10-14H,2-9H2,1H3,(H2,23,25,26,27). The SMILES string of the molecule is Cn1cc(S(=O)(=O)N2CCC(Nc3ncc(C(F)(F)F)c(NC4CCCC4)n3)CC2)cn1. The summed E-state index contributed by atoms with van der Waals surface area (Å²) in [6.45, 7) is 0.561. The molecule has 0 aromatic carbocycles. The Bertz CT molecular complexity index is 1040. The maximum atomic E-state index is 13.4. The zero-order valence-corrected chi connectivity index (χ0v) is 18.5. The summed E-state index contributed by atoms with van der Waals surface area (Å²) in [6.07, 6.45) is 3.57. The van der Waals surface area contributed by atoms with Gasteiger partial charge in [0.25, 0.3) is 0 Å². The molecule has 2 aromatic heterocycles. The van der Waals surface area contributed by atoms with E-state index in [1.807, 2.05) is 0 Å². The van der Waals surface area contributed by atoms with Gasteiger partial charge in [0.05, 0.1) is 6.20 Å². The van der Waals surface area contributed by atoms with E-state index in [-0.39, 0.29) is 41.8 Å². The van der Waals surface area contributed by atoms with Crippen LogP contribution >= 0.6 is 0 Å². The average molecular weight is 474 g/mol. The van der Waals surface area contributed by atoms with Gasteiger partial charge in [-0.3, -0.25) is 4.68 Å². The molecule has 1 aliphatic carbocycles. The van der Waals surface area contributed by atoms with Crippen molar-refractivity contribution in [2.45, 2.75) is 61.7 Å². The summed E-state index contributed by atoms with van der Waals surface area (Å²) in [7, 11) is -1.98. The van der Waals surface area contributed by atoms with Crippen molar-refractivity contribution >= 4 is 21.8 Å². The average Bonchev–Trinajstić information content (AvgIpc) is 3.40. The van der Waals surface area contributed by atoms with Crippen LogP contribution in [0, 0.1) is 0 Å². The Labute approximate surface area is 184 Å². The molecule has 2 fully saturated rings. The smallest absolute Gasteiger partial charge is 0.367 e. The van der Waals surface area contributed by atoms with E-state index in [0.29, 0.717) is 12.8 Å². The van der Waals surface area contributed by atoms with Crippen LogP contribution in [0.25, 0.3) is 0 Å². The second-order valence-corrected chi connectivity index (χ2v) is 10.2. The molecule has 176 valence electrons. The number of hydrogen-bond donors (Lipinski definition) is 2. The summed E-state index contributed by atoms with van der Waals surface area (Å²) in [6, 6.07) is -0.175. The van der Waals surface area contributed by atoms with E-state index in [4.69, 9.17) is 0 Å². The predicted octanol–water partition coefficient (Wildman–Crippen LogP) is 2.85. The zero-order chi connectivity index (χ0) is 22.9. The Morgan fingerprint density at radius 3 is 2.28 bits per heavy atom. The Morgan fingerprint density at radius 1 is 1.03 bits per heavy atom. The van der Waals surface area contributed by atoms with Crippen LogP contribution in [-0.4, -0.2) is 57.6 Å². The molecule has 1 aliphatic heterocycles. The monoisotopic (exact) mass is 473 g/mol. The molecule has 2 N–H and O–H groups in total. The van der Waals surface area contributed by atoms with E-state index in [2.05, 4.69) is 25.7 Å². The van der Waals surface area contributed by atoms with Crippen molar-refractivity contribution < 1.29 is 21.6 Å². The van der Waals surface area contributed by atoms with Gasteiger partial charge in [-0.15, -0.1) is 0 Å². The largest absolute Gasteiger partial charge is 0.421 e. The lowest BCUT2D eigenvalue weighted by Gasteiger charge is -2.31. The third kappa shape index (κ3) is 4.98. The molecule has 9 nitrogen and oxygen atoms in total. The minimum atomic E-state index is -4.55. The first-order valence-electron chi connectivity index (χ1n) is 10.6. The molecule has 0 amide bonds. The second kappa shape index (κ2) is 8.85. The fourth-order valence-corrected chi connectivity index (χ4v) is 5.59. The maximum absolute atomic E-state index is 13.4. The maximum Gasteiger partial charge on any atom is 0.421 e. The van der Waals surface area contributed by atoms with Crippen molar-refractivity contribution in [1.82, 2.24) is 24.1 Å². The number of piperidine rings is 1. The molecule has 4 rings (SSSR count). The van der Waals surface area contributed by atoms with Crippen molar-refractivity contribution in [3.8, 4) is 0 Å². The van der Waals surface area contributed by atoms with Crippen LogP contribution in [0.3, 0.4) is 0 Å². The van der Waals surface area contributed by atoms with E-state index in [0.717, 1.165) is 31.9 Å². The van der Waals surface area contributed by atoms with E-state index >= 15 is 0 Å². The Kier molecular flexibility index (Phi) is 6.30. The molecule has 32 heavy (non-hydrogen) atoms. The van der Waals surface area contributed by atoms with Crippen LogP contribution in [0.1, 0.15) is 44.1 Å². The number of hydrogen-bond acceptors (Lipinski definition) is 7. The van der Waals surface area contributed by atoms with Crippen LogP contribution in [0.2, 0.25) is 0 Å². The molecule has 0 bridgehead atoms. The number of alkyl halides is 3. The van der Waals surface area contributed by atoms with E-state index in [9.17, 15) is 21.6 Å². The zero-order valence-electron chi connectivity index (χ0n) is 17.6. The Morgan fingerprint density at radius 2 is 1.69 bits per heavy atom. The summed E-state index contributed by atoms with van der Waals surface area (Å²) in [5.74, 6) is -0.106. The first kappa shape index (κ1) is 22.8. The van der Waals surface area contributed by atoms with Gasteiger partial charge >= 0.3 is 6.18 Å². The summed E-state index contributed by atoms with van der Waals surface area (Å²) >= 11 is 0. The Hall–Kier alpha value is -2.41. The van der Waals surface area contributed by atoms with Crippen LogP contribution in [0.4, 0.5) is 24.9 Å². The van der Waals surface area contributed by atoms with E-state index < -0.39 is 21.8 Å².